The Labute approximate surface area is 234 Å². The third-order valence-electron chi connectivity index (χ3n) is 6.20. The zero-order valence-corrected chi connectivity index (χ0v) is 22.5. The van der Waals surface area contributed by atoms with Gasteiger partial charge in [0.25, 0.3) is 5.56 Å². The molecule has 0 fully saturated rings. The maximum absolute atomic E-state index is 13.7. The summed E-state index contributed by atoms with van der Waals surface area (Å²) < 4.78 is 24.0. The van der Waals surface area contributed by atoms with Crippen LogP contribution in [-0.2, 0) is 11.2 Å². The molecule has 2 aromatic heterocycles. The molecule has 5 rings (SSSR count). The van der Waals surface area contributed by atoms with Gasteiger partial charge in [-0.05, 0) is 61.4 Å². The first-order valence-corrected chi connectivity index (χ1v) is 12.8. The van der Waals surface area contributed by atoms with E-state index in [0.29, 0.717) is 63.6 Å². The molecule has 0 aliphatic heterocycles. The van der Waals surface area contributed by atoms with Gasteiger partial charge in [-0.3, -0.25) is 4.79 Å². The molecule has 5 aromatic rings. The molecule has 10 heteroatoms. The number of benzene rings is 3. The highest BCUT2D eigenvalue weighted by atomic mass is 16.5. The molecule has 0 saturated heterocycles. The number of allylic oxidation sites excluding steroid dienone is 1. The quantitative estimate of drug-likeness (QED) is 0.173. The molecule has 0 amide bonds. The Balaban J connectivity index is 1.67. The minimum atomic E-state index is -1.11. The number of furan rings is 1. The summed E-state index contributed by atoms with van der Waals surface area (Å²) in [5.74, 6) is 0.724. The Morgan fingerprint density at radius 1 is 1.10 bits per heavy atom. The van der Waals surface area contributed by atoms with E-state index in [9.17, 15) is 9.59 Å². The summed E-state index contributed by atoms with van der Waals surface area (Å²) in [4.78, 5) is 29.5. The van der Waals surface area contributed by atoms with Crippen molar-refractivity contribution in [2.24, 2.45) is 5.10 Å². The fourth-order valence-corrected chi connectivity index (χ4v) is 4.46. The first kappa shape index (κ1) is 27.2. The number of rotatable bonds is 11. The number of nitrogens with zero attached hydrogens (tertiary/aromatic N) is 3. The summed E-state index contributed by atoms with van der Waals surface area (Å²) in [6, 6.07) is 17.7. The van der Waals surface area contributed by atoms with Gasteiger partial charge in [-0.25, -0.2) is 9.78 Å². The highest BCUT2D eigenvalue weighted by Gasteiger charge is 2.19. The molecular formula is C31H27N3O7. The molecule has 3 aromatic carbocycles. The third kappa shape index (κ3) is 5.53. The molecule has 0 aliphatic rings. The van der Waals surface area contributed by atoms with E-state index in [1.807, 2.05) is 19.1 Å². The minimum Gasteiger partial charge on any atom is -0.496 e. The molecule has 2 heterocycles. The number of hydrogen-bond donors (Lipinski definition) is 1. The Bertz CT molecular complexity index is 1850. The second-order valence-electron chi connectivity index (χ2n) is 8.91. The highest BCUT2D eigenvalue weighted by Crippen LogP contribution is 2.35. The maximum atomic E-state index is 13.7. The average Bonchev–Trinajstić information content (AvgIpc) is 3.41. The van der Waals surface area contributed by atoms with Gasteiger partial charge in [-0.2, -0.15) is 9.78 Å². The number of carboxylic acids is 1. The first-order valence-electron chi connectivity index (χ1n) is 12.8. The zero-order valence-electron chi connectivity index (χ0n) is 22.5. The van der Waals surface area contributed by atoms with Crippen molar-refractivity contribution in [3.8, 4) is 28.8 Å². The first-order chi connectivity index (χ1) is 19.9. The Morgan fingerprint density at radius 3 is 2.68 bits per heavy atom. The van der Waals surface area contributed by atoms with Gasteiger partial charge in [0.15, 0.2) is 23.9 Å². The normalized spacial score (nSPS) is 11.3. The van der Waals surface area contributed by atoms with Crippen LogP contribution in [-0.4, -0.2) is 47.3 Å². The zero-order chi connectivity index (χ0) is 28.9. The second-order valence-corrected chi connectivity index (χ2v) is 8.91. The van der Waals surface area contributed by atoms with Gasteiger partial charge >= 0.3 is 5.97 Å². The van der Waals surface area contributed by atoms with E-state index in [-0.39, 0.29) is 11.4 Å². The van der Waals surface area contributed by atoms with Crippen molar-refractivity contribution < 1.29 is 28.5 Å². The molecule has 0 spiro atoms. The van der Waals surface area contributed by atoms with Crippen LogP contribution in [0.2, 0.25) is 0 Å². The van der Waals surface area contributed by atoms with E-state index < -0.39 is 12.6 Å². The van der Waals surface area contributed by atoms with Crippen LogP contribution >= 0.6 is 0 Å². The largest absolute Gasteiger partial charge is 0.496 e. The summed E-state index contributed by atoms with van der Waals surface area (Å²) >= 11 is 0. The number of aromatic nitrogens is 2. The standard InChI is InChI=1S/C31H27N3O7/c1-4-9-20-14-19(15-26(39-5-2)29(20)40-18-28(35)36)17-32-34-30(33-23-11-7-6-10-21(23)31(34)37)27-16-22-24(38-3)12-8-13-25(22)41-27/h4,6-8,10-17H,1,5,9,18H2,2-3H3,(H,35,36). The van der Waals surface area contributed by atoms with Crippen LogP contribution in [0.4, 0.5) is 0 Å². The van der Waals surface area contributed by atoms with Gasteiger partial charge in [0.05, 0.1) is 36.2 Å². The molecule has 0 bridgehead atoms. The van der Waals surface area contributed by atoms with Crippen molar-refractivity contribution >= 4 is 34.1 Å². The number of ether oxygens (including phenoxy) is 3. The van der Waals surface area contributed by atoms with E-state index in [4.69, 9.17) is 28.7 Å². The average molecular weight is 554 g/mol. The van der Waals surface area contributed by atoms with Crippen molar-refractivity contribution in [3.05, 3.63) is 94.8 Å². The van der Waals surface area contributed by atoms with E-state index in [1.165, 1.54) is 10.9 Å². The second kappa shape index (κ2) is 11.8. The molecule has 0 aliphatic carbocycles. The van der Waals surface area contributed by atoms with Crippen LogP contribution in [0.3, 0.4) is 0 Å². The molecule has 0 saturated carbocycles. The predicted octanol–water partition coefficient (Wildman–Crippen LogP) is 5.29. The Kier molecular flexibility index (Phi) is 7.82. The van der Waals surface area contributed by atoms with Crippen LogP contribution in [0.5, 0.6) is 17.2 Å². The number of aliphatic carboxylic acids is 1. The van der Waals surface area contributed by atoms with Gasteiger partial charge in [0.1, 0.15) is 11.3 Å². The molecule has 1 N–H and O–H groups in total. The lowest BCUT2D eigenvalue weighted by Crippen LogP contribution is -2.20. The monoisotopic (exact) mass is 553 g/mol. The highest BCUT2D eigenvalue weighted by molar-refractivity contribution is 5.89. The lowest BCUT2D eigenvalue weighted by Gasteiger charge is -2.15. The number of fused-ring (bicyclic) bond motifs is 2. The van der Waals surface area contributed by atoms with Gasteiger partial charge in [0, 0.05) is 5.56 Å². The molecular weight excluding hydrogens is 526 g/mol. The van der Waals surface area contributed by atoms with Crippen LogP contribution in [0.1, 0.15) is 18.1 Å². The Morgan fingerprint density at radius 2 is 1.93 bits per heavy atom. The van der Waals surface area contributed by atoms with Crippen molar-refractivity contribution in [1.29, 1.82) is 0 Å². The van der Waals surface area contributed by atoms with Crippen LogP contribution in [0.25, 0.3) is 33.5 Å². The van der Waals surface area contributed by atoms with Crippen molar-refractivity contribution in [2.75, 3.05) is 20.3 Å². The van der Waals surface area contributed by atoms with Crippen molar-refractivity contribution in [2.45, 2.75) is 13.3 Å². The number of carbonyl (C=O) groups is 1. The summed E-state index contributed by atoms with van der Waals surface area (Å²) in [5, 5.41) is 14.8. The molecule has 0 unspecified atom stereocenters. The van der Waals surface area contributed by atoms with E-state index in [1.54, 1.807) is 61.7 Å². The topological polar surface area (TPSA) is 125 Å². The summed E-state index contributed by atoms with van der Waals surface area (Å²) in [5.41, 5.74) is 1.93. The van der Waals surface area contributed by atoms with E-state index in [2.05, 4.69) is 11.7 Å². The molecule has 0 radical (unpaired) electrons. The fraction of sp³-hybridized carbons (Fsp3) is 0.161. The number of para-hydroxylation sites is 1. The SMILES string of the molecule is C=CCc1cc(C=Nn2c(-c3cc4c(OC)cccc4o3)nc3ccccc3c2=O)cc(OCC)c1OCC(=O)O. The van der Waals surface area contributed by atoms with E-state index in [0.717, 1.165) is 5.39 Å². The number of methoxy groups -OCH3 is 1. The number of hydrogen-bond acceptors (Lipinski definition) is 8. The van der Waals surface area contributed by atoms with E-state index >= 15 is 0 Å². The lowest BCUT2D eigenvalue weighted by molar-refractivity contribution is -0.139. The van der Waals surface area contributed by atoms with Crippen molar-refractivity contribution in [1.82, 2.24) is 9.66 Å². The lowest BCUT2D eigenvalue weighted by atomic mass is 10.1. The minimum absolute atomic E-state index is 0.209. The summed E-state index contributed by atoms with van der Waals surface area (Å²) in [6.45, 7) is 5.40. The summed E-state index contributed by atoms with van der Waals surface area (Å²) in [7, 11) is 1.57. The van der Waals surface area contributed by atoms with Crippen LogP contribution < -0.4 is 19.8 Å². The van der Waals surface area contributed by atoms with Crippen LogP contribution in [0, 0.1) is 0 Å². The van der Waals surface area contributed by atoms with Gasteiger partial charge < -0.3 is 23.7 Å². The van der Waals surface area contributed by atoms with Gasteiger partial charge in [-0.1, -0.05) is 24.3 Å². The predicted molar refractivity (Wildman–Crippen MR) is 155 cm³/mol. The fourth-order valence-electron chi connectivity index (χ4n) is 4.46. The summed E-state index contributed by atoms with van der Waals surface area (Å²) in [6.07, 6.45) is 3.56. The smallest absolute Gasteiger partial charge is 0.341 e. The third-order valence-corrected chi connectivity index (χ3v) is 6.20. The van der Waals surface area contributed by atoms with Gasteiger partial charge in [-0.15, -0.1) is 6.58 Å². The molecule has 10 nitrogen and oxygen atoms in total. The number of carboxylic acid groups (broad SMARTS) is 1. The molecule has 41 heavy (non-hydrogen) atoms. The molecule has 208 valence electrons. The van der Waals surface area contributed by atoms with Gasteiger partial charge in [0.2, 0.25) is 5.82 Å². The van der Waals surface area contributed by atoms with Crippen molar-refractivity contribution in [3.63, 3.8) is 0 Å². The maximum Gasteiger partial charge on any atom is 0.341 e. The van der Waals surface area contributed by atoms with Crippen LogP contribution in [0.15, 0.2) is 87.6 Å². The Hall–Kier alpha value is -5.38. The molecule has 0 atom stereocenters.